The fraction of sp³-hybridized carbons (Fsp3) is 0.667. The van der Waals surface area contributed by atoms with Crippen LogP contribution in [0.4, 0.5) is 5.69 Å². The van der Waals surface area contributed by atoms with Gasteiger partial charge in [0.1, 0.15) is 0 Å². The Hall–Kier alpha value is -1.02. The molecule has 0 unspecified atom stereocenters. The predicted molar refractivity (Wildman–Crippen MR) is 92.2 cm³/mol. The third-order valence-electron chi connectivity index (χ3n) is 3.12. The van der Waals surface area contributed by atoms with Crippen molar-refractivity contribution in [2.24, 2.45) is 0 Å². The second-order valence-corrected chi connectivity index (χ2v) is 5.10. The van der Waals surface area contributed by atoms with Crippen molar-refractivity contribution in [3.63, 3.8) is 0 Å². The summed E-state index contributed by atoms with van der Waals surface area (Å²) in [6.45, 7) is 12.1. The Morgan fingerprint density at radius 2 is 1.50 bits per heavy atom. The molecule has 1 aliphatic rings. The number of benzene rings is 1. The molecule has 2 rings (SSSR count). The van der Waals surface area contributed by atoms with Gasteiger partial charge < -0.3 is 10.6 Å². The number of hydrogen-bond donors (Lipinski definition) is 1. The molecule has 1 fully saturated rings. The number of nitrogens with two attached hydrogens (primary N) is 1. The highest BCUT2D eigenvalue weighted by Crippen LogP contribution is 2.11. The molecule has 0 spiro atoms. The predicted octanol–water partition coefficient (Wildman–Crippen LogP) is 4.74. The average molecular weight is 278 g/mol. The molecule has 2 N–H and O–H groups in total. The molecular formula is C18H34N2. The topological polar surface area (TPSA) is 29.3 Å². The number of nitrogens with zero attached hydrogens (tertiary/aromatic N) is 1. The van der Waals surface area contributed by atoms with Crippen LogP contribution in [0.5, 0.6) is 0 Å². The first-order valence-corrected chi connectivity index (χ1v) is 8.33. The molecule has 0 aromatic heterocycles. The summed E-state index contributed by atoms with van der Waals surface area (Å²) in [5.41, 5.74) is 7.91. The Morgan fingerprint density at radius 3 is 2.00 bits per heavy atom. The van der Waals surface area contributed by atoms with Gasteiger partial charge in [-0.1, -0.05) is 46.2 Å². The van der Waals surface area contributed by atoms with E-state index in [0.29, 0.717) is 0 Å². The normalized spacial score (nSPS) is 14.0. The second-order valence-electron chi connectivity index (χ2n) is 5.10. The Morgan fingerprint density at radius 1 is 1.00 bits per heavy atom. The van der Waals surface area contributed by atoms with Crippen molar-refractivity contribution in [3.05, 3.63) is 29.8 Å². The van der Waals surface area contributed by atoms with Gasteiger partial charge in [-0.3, -0.25) is 0 Å². The lowest BCUT2D eigenvalue weighted by Gasteiger charge is -2.13. The highest BCUT2D eigenvalue weighted by atomic mass is 15.1. The summed E-state index contributed by atoms with van der Waals surface area (Å²) < 4.78 is 0. The van der Waals surface area contributed by atoms with E-state index in [4.69, 9.17) is 5.73 Å². The van der Waals surface area contributed by atoms with Crippen molar-refractivity contribution in [3.8, 4) is 0 Å². The SMILES string of the molecule is CC.CCC.Nc1ccc(CCCN2CCCC2)cc1. The lowest BCUT2D eigenvalue weighted by molar-refractivity contribution is 0.334. The van der Waals surface area contributed by atoms with Crippen LogP contribution in [0.3, 0.4) is 0 Å². The number of aryl methyl sites for hydroxylation is 1. The first-order chi connectivity index (χ1) is 9.76. The molecule has 116 valence electrons. The molecule has 0 radical (unpaired) electrons. The second kappa shape index (κ2) is 13.0. The first-order valence-electron chi connectivity index (χ1n) is 8.33. The van der Waals surface area contributed by atoms with E-state index in [0.717, 1.165) is 5.69 Å². The number of rotatable bonds is 4. The van der Waals surface area contributed by atoms with Gasteiger partial charge in [-0.25, -0.2) is 0 Å². The van der Waals surface area contributed by atoms with Crippen molar-refractivity contribution < 1.29 is 0 Å². The average Bonchev–Trinajstić information content (AvgIpc) is 2.97. The molecule has 0 atom stereocenters. The van der Waals surface area contributed by atoms with Crippen molar-refractivity contribution >= 4 is 5.69 Å². The zero-order valence-corrected chi connectivity index (χ0v) is 14.0. The zero-order valence-electron chi connectivity index (χ0n) is 14.0. The van der Waals surface area contributed by atoms with E-state index in [1.807, 2.05) is 26.0 Å². The molecule has 2 heteroatoms. The van der Waals surface area contributed by atoms with Crippen LogP contribution in [-0.2, 0) is 6.42 Å². The molecule has 2 nitrogen and oxygen atoms in total. The van der Waals surface area contributed by atoms with Crippen LogP contribution in [0.25, 0.3) is 0 Å². The largest absolute Gasteiger partial charge is 0.399 e. The highest BCUT2D eigenvalue weighted by Gasteiger charge is 2.10. The van der Waals surface area contributed by atoms with Crippen LogP contribution in [0.2, 0.25) is 0 Å². The van der Waals surface area contributed by atoms with Crippen LogP contribution >= 0.6 is 0 Å². The third-order valence-corrected chi connectivity index (χ3v) is 3.12. The summed E-state index contributed by atoms with van der Waals surface area (Å²) in [5.74, 6) is 0. The standard InChI is InChI=1S/C13H20N2.C3H8.C2H6/c14-13-7-5-12(6-8-13)4-3-11-15-9-1-2-10-15;1-3-2;1-2/h5-8H,1-4,9-11,14H2;3H2,1-2H3;1-2H3. The number of anilines is 1. The lowest BCUT2D eigenvalue weighted by Crippen LogP contribution is -2.20. The van der Waals surface area contributed by atoms with Gasteiger partial charge in [-0.05, 0) is 63.0 Å². The molecule has 1 aliphatic heterocycles. The summed E-state index contributed by atoms with van der Waals surface area (Å²) in [6.07, 6.45) is 6.48. The molecule has 1 heterocycles. The fourth-order valence-corrected chi connectivity index (χ4v) is 2.20. The van der Waals surface area contributed by atoms with E-state index >= 15 is 0 Å². The minimum Gasteiger partial charge on any atom is -0.399 e. The zero-order chi connectivity index (χ0) is 15.2. The van der Waals surface area contributed by atoms with Crippen LogP contribution in [0, 0.1) is 0 Å². The van der Waals surface area contributed by atoms with E-state index in [1.165, 1.54) is 57.3 Å². The maximum Gasteiger partial charge on any atom is 0.0314 e. The van der Waals surface area contributed by atoms with E-state index in [2.05, 4.69) is 30.9 Å². The van der Waals surface area contributed by atoms with Crippen LogP contribution < -0.4 is 5.73 Å². The summed E-state index contributed by atoms with van der Waals surface area (Å²) >= 11 is 0. The van der Waals surface area contributed by atoms with Crippen molar-refractivity contribution in [1.82, 2.24) is 4.90 Å². The van der Waals surface area contributed by atoms with Gasteiger partial charge >= 0.3 is 0 Å². The molecule has 0 amide bonds. The maximum atomic E-state index is 5.65. The van der Waals surface area contributed by atoms with Crippen molar-refractivity contribution in [2.75, 3.05) is 25.4 Å². The van der Waals surface area contributed by atoms with Crippen molar-refractivity contribution in [1.29, 1.82) is 0 Å². The highest BCUT2D eigenvalue weighted by molar-refractivity contribution is 5.39. The summed E-state index contributed by atoms with van der Waals surface area (Å²) in [7, 11) is 0. The van der Waals surface area contributed by atoms with E-state index in [1.54, 1.807) is 0 Å². The molecule has 0 saturated carbocycles. The Kier molecular flexibility index (Phi) is 12.3. The van der Waals surface area contributed by atoms with Gasteiger partial charge in [-0.2, -0.15) is 0 Å². The first kappa shape index (κ1) is 19.0. The molecule has 0 bridgehead atoms. The quantitative estimate of drug-likeness (QED) is 0.806. The number of nitrogen functional groups attached to an aromatic ring is 1. The molecule has 1 aromatic carbocycles. The molecule has 1 saturated heterocycles. The summed E-state index contributed by atoms with van der Waals surface area (Å²) in [4.78, 5) is 2.57. The van der Waals surface area contributed by atoms with Gasteiger partial charge in [0.2, 0.25) is 0 Å². The van der Waals surface area contributed by atoms with Gasteiger partial charge in [0.15, 0.2) is 0 Å². The molecule has 20 heavy (non-hydrogen) atoms. The lowest BCUT2D eigenvalue weighted by atomic mass is 10.1. The Bertz CT molecular complexity index is 300. The van der Waals surface area contributed by atoms with E-state index in [9.17, 15) is 0 Å². The van der Waals surface area contributed by atoms with E-state index in [-0.39, 0.29) is 0 Å². The van der Waals surface area contributed by atoms with Crippen LogP contribution in [0.15, 0.2) is 24.3 Å². The minimum atomic E-state index is 0.860. The Balaban J connectivity index is 0.000000641. The van der Waals surface area contributed by atoms with Gasteiger partial charge in [0, 0.05) is 5.69 Å². The molecule has 1 aromatic rings. The number of hydrogen-bond acceptors (Lipinski definition) is 2. The van der Waals surface area contributed by atoms with Crippen LogP contribution in [-0.4, -0.2) is 24.5 Å². The third kappa shape index (κ3) is 8.98. The smallest absolute Gasteiger partial charge is 0.0314 e. The monoisotopic (exact) mass is 278 g/mol. The van der Waals surface area contributed by atoms with E-state index < -0.39 is 0 Å². The maximum absolute atomic E-state index is 5.65. The number of likely N-dealkylation sites (tertiary alicyclic amines) is 1. The molecular weight excluding hydrogens is 244 g/mol. The van der Waals surface area contributed by atoms with Crippen LogP contribution in [0.1, 0.15) is 58.9 Å². The fourth-order valence-electron chi connectivity index (χ4n) is 2.20. The van der Waals surface area contributed by atoms with Gasteiger partial charge in [0.25, 0.3) is 0 Å². The van der Waals surface area contributed by atoms with Gasteiger partial charge in [-0.15, -0.1) is 0 Å². The summed E-state index contributed by atoms with van der Waals surface area (Å²) in [6, 6.07) is 8.26. The Labute approximate surface area is 126 Å². The molecule has 0 aliphatic carbocycles. The van der Waals surface area contributed by atoms with Crippen molar-refractivity contribution in [2.45, 2.75) is 59.8 Å². The van der Waals surface area contributed by atoms with Gasteiger partial charge in [0.05, 0.1) is 0 Å². The summed E-state index contributed by atoms with van der Waals surface area (Å²) in [5, 5.41) is 0. The minimum absolute atomic E-state index is 0.860.